The number of benzene rings is 3. The second-order valence-corrected chi connectivity index (χ2v) is 7.87. The molecule has 0 unspecified atom stereocenters. The minimum absolute atomic E-state index is 0.00469. The standard InChI is InChI=1S/C26H27N3O3/c1-19-6-3-4-7-21(19)18-28-16-5-17-29(26(28)31)23-12-8-20(9-13-23)25(30)27-22-10-14-24(32-2)15-11-22/h3-4,6-15H,5,16-18H2,1-2H3,(H,27,30). The Hall–Kier alpha value is -3.80. The van der Waals surface area contributed by atoms with Crippen molar-refractivity contribution in [2.24, 2.45) is 0 Å². The highest BCUT2D eigenvalue weighted by Gasteiger charge is 2.27. The van der Waals surface area contributed by atoms with Crippen molar-refractivity contribution in [1.29, 1.82) is 0 Å². The van der Waals surface area contributed by atoms with E-state index in [1.165, 1.54) is 5.56 Å². The maximum atomic E-state index is 13.1. The quantitative estimate of drug-likeness (QED) is 0.594. The summed E-state index contributed by atoms with van der Waals surface area (Å²) in [6.45, 7) is 4.08. The molecule has 0 saturated carbocycles. The van der Waals surface area contributed by atoms with E-state index in [2.05, 4.69) is 24.4 Å². The Kier molecular flexibility index (Phi) is 6.40. The van der Waals surface area contributed by atoms with Gasteiger partial charge in [0.1, 0.15) is 5.75 Å². The molecule has 3 aromatic rings. The lowest BCUT2D eigenvalue weighted by molar-refractivity contribution is 0.102. The van der Waals surface area contributed by atoms with Crippen molar-refractivity contribution in [3.8, 4) is 5.75 Å². The van der Waals surface area contributed by atoms with Crippen LogP contribution in [-0.4, -0.2) is 37.0 Å². The number of hydrogen-bond acceptors (Lipinski definition) is 3. The van der Waals surface area contributed by atoms with Gasteiger partial charge in [-0.1, -0.05) is 24.3 Å². The molecule has 1 heterocycles. The van der Waals surface area contributed by atoms with Gasteiger partial charge in [0.25, 0.3) is 5.91 Å². The molecule has 3 aromatic carbocycles. The minimum Gasteiger partial charge on any atom is -0.497 e. The van der Waals surface area contributed by atoms with Gasteiger partial charge in [0.15, 0.2) is 0 Å². The third-order valence-electron chi connectivity index (χ3n) is 5.72. The number of methoxy groups -OCH3 is 1. The molecule has 1 N–H and O–H groups in total. The third-order valence-corrected chi connectivity index (χ3v) is 5.72. The van der Waals surface area contributed by atoms with E-state index in [-0.39, 0.29) is 11.9 Å². The molecule has 1 saturated heterocycles. The van der Waals surface area contributed by atoms with E-state index in [0.29, 0.717) is 24.3 Å². The van der Waals surface area contributed by atoms with Crippen LogP contribution in [0.3, 0.4) is 0 Å². The first-order chi connectivity index (χ1) is 15.5. The summed E-state index contributed by atoms with van der Waals surface area (Å²) in [5.74, 6) is 0.530. The van der Waals surface area contributed by atoms with Crippen LogP contribution in [0.5, 0.6) is 5.75 Å². The molecule has 6 heteroatoms. The van der Waals surface area contributed by atoms with Gasteiger partial charge in [0.05, 0.1) is 7.11 Å². The minimum atomic E-state index is -0.201. The number of nitrogens with zero attached hydrogens (tertiary/aromatic N) is 2. The highest BCUT2D eigenvalue weighted by Crippen LogP contribution is 2.23. The van der Waals surface area contributed by atoms with Crippen LogP contribution in [0.25, 0.3) is 0 Å². The lowest BCUT2D eigenvalue weighted by Gasteiger charge is -2.36. The number of carbonyl (C=O) groups is 2. The van der Waals surface area contributed by atoms with Crippen molar-refractivity contribution < 1.29 is 14.3 Å². The zero-order chi connectivity index (χ0) is 22.5. The first kappa shape index (κ1) is 21.4. The Morgan fingerprint density at radius 2 is 1.69 bits per heavy atom. The lowest BCUT2D eigenvalue weighted by Crippen LogP contribution is -2.49. The second-order valence-electron chi connectivity index (χ2n) is 7.87. The van der Waals surface area contributed by atoms with E-state index >= 15 is 0 Å². The van der Waals surface area contributed by atoms with Crippen LogP contribution in [0.2, 0.25) is 0 Å². The molecule has 4 rings (SSSR count). The molecular formula is C26H27N3O3. The molecule has 0 aromatic heterocycles. The van der Waals surface area contributed by atoms with E-state index in [1.807, 2.05) is 29.2 Å². The van der Waals surface area contributed by atoms with Crippen LogP contribution in [0.4, 0.5) is 16.2 Å². The van der Waals surface area contributed by atoms with Gasteiger partial charge in [-0.2, -0.15) is 0 Å². The molecule has 3 amide bonds. The summed E-state index contributed by atoms with van der Waals surface area (Å²) in [4.78, 5) is 29.4. The number of amides is 3. The Labute approximate surface area is 188 Å². The number of nitrogens with one attached hydrogen (secondary N) is 1. The van der Waals surface area contributed by atoms with Gasteiger partial charge in [0, 0.05) is 36.6 Å². The maximum Gasteiger partial charge on any atom is 0.324 e. The molecule has 1 fully saturated rings. The molecule has 0 radical (unpaired) electrons. The predicted octanol–water partition coefficient (Wildman–Crippen LogP) is 5.09. The number of carbonyl (C=O) groups excluding carboxylic acids is 2. The van der Waals surface area contributed by atoms with Crippen LogP contribution < -0.4 is 15.0 Å². The van der Waals surface area contributed by atoms with Crippen LogP contribution in [0.15, 0.2) is 72.8 Å². The van der Waals surface area contributed by atoms with Crippen molar-refractivity contribution in [3.63, 3.8) is 0 Å². The fraction of sp³-hybridized carbons (Fsp3) is 0.231. The normalized spacial score (nSPS) is 13.8. The average Bonchev–Trinajstić information content (AvgIpc) is 2.82. The predicted molar refractivity (Wildman–Crippen MR) is 126 cm³/mol. The highest BCUT2D eigenvalue weighted by molar-refractivity contribution is 6.04. The fourth-order valence-corrected chi connectivity index (χ4v) is 3.83. The van der Waals surface area contributed by atoms with Gasteiger partial charge in [-0.15, -0.1) is 0 Å². The number of urea groups is 1. The third kappa shape index (κ3) is 4.75. The highest BCUT2D eigenvalue weighted by atomic mass is 16.5. The van der Waals surface area contributed by atoms with Crippen molar-refractivity contribution in [2.75, 3.05) is 30.4 Å². The van der Waals surface area contributed by atoms with Crippen LogP contribution in [-0.2, 0) is 6.54 Å². The van der Waals surface area contributed by atoms with Gasteiger partial charge in [-0.05, 0) is 73.0 Å². The lowest BCUT2D eigenvalue weighted by atomic mass is 10.1. The summed E-state index contributed by atoms with van der Waals surface area (Å²) in [6, 6.07) is 22.5. The Morgan fingerprint density at radius 3 is 2.38 bits per heavy atom. The fourth-order valence-electron chi connectivity index (χ4n) is 3.83. The number of rotatable bonds is 6. The zero-order valence-electron chi connectivity index (χ0n) is 18.4. The monoisotopic (exact) mass is 429 g/mol. The molecule has 1 aliphatic rings. The Morgan fingerprint density at radius 1 is 0.969 bits per heavy atom. The number of hydrogen-bond donors (Lipinski definition) is 1. The first-order valence-corrected chi connectivity index (χ1v) is 10.7. The van der Waals surface area contributed by atoms with Crippen LogP contribution >= 0.6 is 0 Å². The summed E-state index contributed by atoms with van der Waals surface area (Å²) in [5, 5.41) is 2.87. The summed E-state index contributed by atoms with van der Waals surface area (Å²) in [6.07, 6.45) is 0.900. The molecule has 1 aliphatic heterocycles. The number of ether oxygens (including phenoxy) is 1. The van der Waals surface area contributed by atoms with Crippen molar-refractivity contribution in [3.05, 3.63) is 89.5 Å². The summed E-state index contributed by atoms with van der Waals surface area (Å²) in [5.41, 5.74) is 4.37. The molecule has 0 spiro atoms. The molecule has 32 heavy (non-hydrogen) atoms. The van der Waals surface area contributed by atoms with Gasteiger partial charge in [-0.3, -0.25) is 9.69 Å². The van der Waals surface area contributed by atoms with Crippen LogP contribution in [0, 0.1) is 6.92 Å². The number of aryl methyl sites for hydroxylation is 1. The average molecular weight is 430 g/mol. The summed E-state index contributed by atoms with van der Waals surface area (Å²) in [7, 11) is 1.60. The van der Waals surface area contributed by atoms with Crippen LogP contribution in [0.1, 0.15) is 27.9 Å². The smallest absolute Gasteiger partial charge is 0.324 e. The molecule has 0 atom stereocenters. The van der Waals surface area contributed by atoms with Gasteiger partial charge in [0.2, 0.25) is 0 Å². The molecule has 6 nitrogen and oxygen atoms in total. The first-order valence-electron chi connectivity index (χ1n) is 10.7. The van der Waals surface area contributed by atoms with Gasteiger partial charge in [-0.25, -0.2) is 4.79 Å². The maximum absolute atomic E-state index is 13.1. The molecule has 0 aliphatic carbocycles. The van der Waals surface area contributed by atoms with E-state index in [0.717, 1.165) is 30.0 Å². The Bertz CT molecular complexity index is 1090. The second kappa shape index (κ2) is 9.56. The van der Waals surface area contributed by atoms with Crippen molar-refractivity contribution >= 4 is 23.3 Å². The van der Waals surface area contributed by atoms with Gasteiger partial charge >= 0.3 is 6.03 Å². The van der Waals surface area contributed by atoms with E-state index < -0.39 is 0 Å². The van der Waals surface area contributed by atoms with E-state index in [4.69, 9.17) is 4.74 Å². The van der Waals surface area contributed by atoms with E-state index in [1.54, 1.807) is 48.4 Å². The zero-order valence-corrected chi connectivity index (χ0v) is 18.4. The molecule has 0 bridgehead atoms. The topological polar surface area (TPSA) is 61.9 Å². The molecular weight excluding hydrogens is 402 g/mol. The summed E-state index contributed by atoms with van der Waals surface area (Å²) < 4.78 is 5.14. The van der Waals surface area contributed by atoms with Crippen molar-refractivity contribution in [1.82, 2.24) is 4.90 Å². The van der Waals surface area contributed by atoms with Gasteiger partial charge < -0.3 is 15.0 Å². The SMILES string of the molecule is COc1ccc(NC(=O)c2ccc(N3CCCN(Cc4ccccc4C)C3=O)cc2)cc1. The Balaban J connectivity index is 1.42. The van der Waals surface area contributed by atoms with E-state index in [9.17, 15) is 9.59 Å². The number of anilines is 2. The molecule has 164 valence electrons. The summed E-state index contributed by atoms with van der Waals surface area (Å²) >= 11 is 0. The van der Waals surface area contributed by atoms with Crippen molar-refractivity contribution in [2.45, 2.75) is 19.9 Å². The largest absolute Gasteiger partial charge is 0.497 e.